The molecule has 0 radical (unpaired) electrons. The monoisotopic (exact) mass is 438 g/mol. The predicted molar refractivity (Wildman–Crippen MR) is 112 cm³/mol. The molecule has 0 atom stereocenters. The molecule has 3 rings (SSSR count). The molecule has 0 fully saturated rings. The van der Waals surface area contributed by atoms with Crippen molar-refractivity contribution in [2.45, 2.75) is 25.5 Å². The Morgan fingerprint density at radius 2 is 2.00 bits per heavy atom. The Morgan fingerprint density at radius 1 is 1.21 bits per heavy atom. The third-order valence-electron chi connectivity index (χ3n) is 4.01. The molecule has 0 unspecified atom stereocenters. The predicted octanol–water partition coefficient (Wildman–Crippen LogP) is 5.45. The van der Waals surface area contributed by atoms with Crippen molar-refractivity contribution in [2.24, 2.45) is 0 Å². The summed E-state index contributed by atoms with van der Waals surface area (Å²) < 4.78 is 15.2. The van der Waals surface area contributed by atoms with E-state index in [2.05, 4.69) is 15.5 Å². The molecule has 2 aromatic carbocycles. The Labute approximate surface area is 176 Å². The molecule has 1 amide bonds. The molecular weight excluding hydrogens is 422 g/mol. The van der Waals surface area contributed by atoms with Gasteiger partial charge in [-0.05, 0) is 49.7 Å². The summed E-state index contributed by atoms with van der Waals surface area (Å²) in [6, 6.07) is 9.44. The minimum Gasteiger partial charge on any atom is -0.325 e. The number of carbonyl (C=O) groups is 1. The molecule has 1 heterocycles. The Balaban J connectivity index is 1.73. The highest BCUT2D eigenvalue weighted by Gasteiger charge is 2.17. The van der Waals surface area contributed by atoms with Gasteiger partial charge in [-0.15, -0.1) is 10.2 Å². The topological polar surface area (TPSA) is 59.8 Å². The summed E-state index contributed by atoms with van der Waals surface area (Å²) in [5, 5.41) is 12.7. The molecule has 5 nitrogen and oxygen atoms in total. The van der Waals surface area contributed by atoms with Gasteiger partial charge >= 0.3 is 0 Å². The maximum atomic E-state index is 13.4. The lowest BCUT2D eigenvalue weighted by atomic mass is 10.2. The zero-order valence-corrected chi connectivity index (χ0v) is 17.5. The third kappa shape index (κ3) is 4.66. The van der Waals surface area contributed by atoms with Crippen LogP contribution in [-0.4, -0.2) is 26.4 Å². The van der Waals surface area contributed by atoms with Gasteiger partial charge in [0.2, 0.25) is 5.91 Å². The van der Waals surface area contributed by atoms with Crippen molar-refractivity contribution in [1.82, 2.24) is 14.8 Å². The fourth-order valence-corrected chi connectivity index (χ4v) is 3.89. The van der Waals surface area contributed by atoms with Crippen LogP contribution in [0, 0.1) is 12.7 Å². The van der Waals surface area contributed by atoms with Gasteiger partial charge in [0, 0.05) is 22.8 Å². The first-order valence-electron chi connectivity index (χ1n) is 8.46. The van der Waals surface area contributed by atoms with Gasteiger partial charge < -0.3 is 9.88 Å². The van der Waals surface area contributed by atoms with Crippen molar-refractivity contribution in [1.29, 1.82) is 0 Å². The highest BCUT2D eigenvalue weighted by atomic mass is 35.5. The van der Waals surface area contributed by atoms with E-state index in [-0.39, 0.29) is 11.7 Å². The van der Waals surface area contributed by atoms with Crippen molar-refractivity contribution in [3.63, 3.8) is 0 Å². The number of nitrogens with zero attached hydrogens (tertiary/aromatic N) is 3. The van der Waals surface area contributed by atoms with Crippen molar-refractivity contribution < 1.29 is 9.18 Å². The van der Waals surface area contributed by atoms with Gasteiger partial charge in [0.05, 0.1) is 10.8 Å². The second kappa shape index (κ2) is 8.94. The van der Waals surface area contributed by atoms with Gasteiger partial charge in [-0.25, -0.2) is 4.39 Å². The first kappa shape index (κ1) is 20.6. The molecule has 0 spiro atoms. The summed E-state index contributed by atoms with van der Waals surface area (Å²) in [6.07, 6.45) is 0. The Morgan fingerprint density at radius 3 is 2.71 bits per heavy atom. The van der Waals surface area contributed by atoms with Gasteiger partial charge in [0.25, 0.3) is 0 Å². The Hall–Kier alpha value is -2.09. The molecule has 0 aliphatic heterocycles. The number of carbonyl (C=O) groups excluding carboxylic acids is 1. The van der Waals surface area contributed by atoms with Crippen molar-refractivity contribution in [3.05, 3.63) is 57.8 Å². The smallest absolute Gasteiger partial charge is 0.234 e. The molecule has 0 saturated carbocycles. The zero-order chi connectivity index (χ0) is 20.3. The van der Waals surface area contributed by atoms with Crippen LogP contribution in [0.2, 0.25) is 10.0 Å². The first-order chi connectivity index (χ1) is 13.4. The van der Waals surface area contributed by atoms with Gasteiger partial charge in [-0.3, -0.25) is 4.79 Å². The highest BCUT2D eigenvalue weighted by Crippen LogP contribution is 2.31. The van der Waals surface area contributed by atoms with E-state index in [1.54, 1.807) is 31.2 Å². The van der Waals surface area contributed by atoms with E-state index in [4.69, 9.17) is 23.2 Å². The van der Waals surface area contributed by atoms with E-state index in [0.29, 0.717) is 38.8 Å². The lowest BCUT2D eigenvalue weighted by Gasteiger charge is -2.10. The number of benzene rings is 2. The summed E-state index contributed by atoms with van der Waals surface area (Å²) in [7, 11) is 0. The fraction of sp³-hybridized carbons (Fsp3) is 0.211. The number of anilines is 1. The summed E-state index contributed by atoms with van der Waals surface area (Å²) in [6.45, 7) is 4.36. The Bertz CT molecular complexity index is 1030. The maximum Gasteiger partial charge on any atom is 0.234 e. The van der Waals surface area contributed by atoms with E-state index in [0.717, 1.165) is 5.56 Å². The quantitative estimate of drug-likeness (QED) is 0.519. The second-order valence-corrected chi connectivity index (χ2v) is 7.76. The van der Waals surface area contributed by atoms with Crippen molar-refractivity contribution >= 4 is 46.6 Å². The number of hydrogen-bond acceptors (Lipinski definition) is 4. The van der Waals surface area contributed by atoms with Gasteiger partial charge in [0.1, 0.15) is 5.82 Å². The van der Waals surface area contributed by atoms with Crippen molar-refractivity contribution in [3.8, 4) is 11.4 Å². The number of halogens is 3. The number of amides is 1. The molecule has 0 aliphatic carbocycles. The van der Waals surface area contributed by atoms with E-state index in [9.17, 15) is 9.18 Å². The first-order valence-corrected chi connectivity index (χ1v) is 10.2. The van der Waals surface area contributed by atoms with E-state index >= 15 is 0 Å². The number of nitrogens with one attached hydrogen (secondary N) is 1. The van der Waals surface area contributed by atoms with Crippen LogP contribution in [0.15, 0.2) is 41.6 Å². The normalized spacial score (nSPS) is 10.9. The molecule has 1 aromatic heterocycles. The summed E-state index contributed by atoms with van der Waals surface area (Å²) in [5.74, 6) is 0.0647. The largest absolute Gasteiger partial charge is 0.325 e. The van der Waals surface area contributed by atoms with Crippen LogP contribution >= 0.6 is 35.0 Å². The molecule has 9 heteroatoms. The minimum absolute atomic E-state index is 0.114. The fourth-order valence-electron chi connectivity index (χ4n) is 2.60. The highest BCUT2D eigenvalue weighted by molar-refractivity contribution is 7.99. The number of thioether (sulfide) groups is 1. The second-order valence-electron chi connectivity index (χ2n) is 5.97. The number of rotatable bonds is 6. The van der Waals surface area contributed by atoms with Crippen molar-refractivity contribution in [2.75, 3.05) is 11.1 Å². The molecule has 0 bridgehead atoms. The van der Waals surface area contributed by atoms with Gasteiger partial charge in [-0.2, -0.15) is 0 Å². The SMILES string of the molecule is CCn1c(SCC(=O)Nc2cc(F)ccc2C)nnc1-c1ccc(Cl)cc1Cl. The lowest BCUT2D eigenvalue weighted by molar-refractivity contribution is -0.113. The van der Waals surface area contributed by atoms with E-state index in [1.807, 2.05) is 11.5 Å². The molecule has 0 saturated heterocycles. The Kier molecular flexibility index (Phi) is 6.59. The van der Waals surface area contributed by atoms with Crippen LogP contribution in [0.3, 0.4) is 0 Å². The van der Waals surface area contributed by atoms with Crippen LogP contribution in [0.1, 0.15) is 12.5 Å². The lowest BCUT2D eigenvalue weighted by Crippen LogP contribution is -2.15. The summed E-state index contributed by atoms with van der Waals surface area (Å²) in [4.78, 5) is 12.3. The molecular formula is C19H17Cl2FN4OS. The van der Waals surface area contributed by atoms with Crippen LogP contribution < -0.4 is 5.32 Å². The molecule has 1 N–H and O–H groups in total. The van der Waals surface area contributed by atoms with Crippen LogP contribution in [0.4, 0.5) is 10.1 Å². The molecule has 146 valence electrons. The third-order valence-corrected chi connectivity index (χ3v) is 5.53. The molecule has 0 aliphatic rings. The average Bonchev–Trinajstić information content (AvgIpc) is 3.05. The van der Waals surface area contributed by atoms with Crippen LogP contribution in [0.25, 0.3) is 11.4 Å². The van der Waals surface area contributed by atoms with Gasteiger partial charge in [-0.1, -0.05) is 41.0 Å². The molecule has 3 aromatic rings. The molecule has 28 heavy (non-hydrogen) atoms. The zero-order valence-electron chi connectivity index (χ0n) is 15.2. The van der Waals surface area contributed by atoms with E-state index in [1.165, 1.54) is 23.9 Å². The minimum atomic E-state index is -0.399. The number of aromatic nitrogens is 3. The standard InChI is InChI=1S/C19H17Cl2FN4OS/c1-3-26-18(14-7-5-12(20)8-15(14)21)24-25-19(26)28-10-17(27)23-16-9-13(22)6-4-11(16)2/h4-9H,3,10H2,1-2H3,(H,23,27). The summed E-state index contributed by atoms with van der Waals surface area (Å²) >= 11 is 13.5. The average molecular weight is 439 g/mol. The maximum absolute atomic E-state index is 13.4. The van der Waals surface area contributed by atoms with Crippen LogP contribution in [-0.2, 0) is 11.3 Å². The van der Waals surface area contributed by atoms with Gasteiger partial charge in [0.15, 0.2) is 11.0 Å². The number of hydrogen-bond donors (Lipinski definition) is 1. The van der Waals surface area contributed by atoms with E-state index < -0.39 is 5.82 Å². The number of aryl methyl sites for hydroxylation is 1. The summed E-state index contributed by atoms with van der Waals surface area (Å²) in [5.41, 5.74) is 1.96. The van der Waals surface area contributed by atoms with Crippen LogP contribution in [0.5, 0.6) is 0 Å².